The van der Waals surface area contributed by atoms with Crippen molar-refractivity contribution >= 4 is 16.7 Å². The van der Waals surface area contributed by atoms with Gasteiger partial charge >= 0.3 is 5.63 Å². The third-order valence-electron chi connectivity index (χ3n) is 4.67. The van der Waals surface area contributed by atoms with Crippen molar-refractivity contribution in [2.75, 3.05) is 26.0 Å². The molecule has 2 N–H and O–H groups in total. The summed E-state index contributed by atoms with van der Waals surface area (Å²) in [4.78, 5) is 15.3. The zero-order chi connectivity index (χ0) is 18.8. The van der Waals surface area contributed by atoms with Gasteiger partial charge in [0.15, 0.2) is 0 Å². The molecule has 3 rings (SSSR count). The minimum atomic E-state index is -0.385. The Balaban J connectivity index is 1.84. The van der Waals surface area contributed by atoms with Gasteiger partial charge in [-0.15, -0.1) is 0 Å². The molecule has 1 aromatic heterocycles. The molecule has 0 spiro atoms. The predicted octanol–water partition coefficient (Wildman–Crippen LogP) is 2.09. The van der Waals surface area contributed by atoms with E-state index in [2.05, 4.69) is 36.2 Å². The van der Waals surface area contributed by atoms with Gasteiger partial charge in [0.2, 0.25) is 0 Å². The summed E-state index contributed by atoms with van der Waals surface area (Å²) in [5.41, 5.74) is 4.03. The van der Waals surface area contributed by atoms with Gasteiger partial charge in [0, 0.05) is 47.9 Å². The molecular formula is C21H25N2O3+. The largest absolute Gasteiger partial charge is 0.508 e. The second-order valence-electron chi connectivity index (χ2n) is 7.05. The molecule has 0 amide bonds. The third kappa shape index (κ3) is 3.73. The van der Waals surface area contributed by atoms with Gasteiger partial charge in [-0.1, -0.05) is 12.1 Å². The van der Waals surface area contributed by atoms with Gasteiger partial charge in [0.05, 0.1) is 7.05 Å². The standard InChI is InChI=1S/C21H24N2O3/c1-14-19(24)10-9-18-16(11-20(25)26-21(14)18)13-23(4)12-15-5-7-17(8-6-15)22(2)3/h5-11,24H,12-13H2,1-4H3/p+1. The first kappa shape index (κ1) is 18.0. The number of nitrogens with one attached hydrogen (secondary N) is 1. The second-order valence-corrected chi connectivity index (χ2v) is 7.05. The average Bonchev–Trinajstić information content (AvgIpc) is 2.59. The molecule has 5 heteroatoms. The van der Waals surface area contributed by atoms with E-state index in [0.717, 1.165) is 17.5 Å². The Hall–Kier alpha value is -2.79. The quantitative estimate of drug-likeness (QED) is 0.690. The van der Waals surface area contributed by atoms with Crippen LogP contribution in [0, 0.1) is 6.92 Å². The van der Waals surface area contributed by atoms with Crippen molar-refractivity contribution in [3.8, 4) is 5.75 Å². The summed E-state index contributed by atoms with van der Waals surface area (Å²) < 4.78 is 5.32. The Labute approximate surface area is 153 Å². The van der Waals surface area contributed by atoms with E-state index in [9.17, 15) is 9.90 Å². The van der Waals surface area contributed by atoms with Gasteiger partial charge in [0.1, 0.15) is 24.4 Å². The molecule has 26 heavy (non-hydrogen) atoms. The normalized spacial score (nSPS) is 12.3. The Morgan fingerprint density at radius 1 is 1.08 bits per heavy atom. The molecule has 0 aliphatic carbocycles. The minimum absolute atomic E-state index is 0.138. The number of aromatic hydroxyl groups is 1. The molecule has 0 saturated heterocycles. The van der Waals surface area contributed by atoms with Crippen molar-refractivity contribution in [2.45, 2.75) is 20.0 Å². The van der Waals surface area contributed by atoms with E-state index in [0.29, 0.717) is 17.7 Å². The van der Waals surface area contributed by atoms with Crippen LogP contribution in [0.15, 0.2) is 51.7 Å². The fourth-order valence-electron chi connectivity index (χ4n) is 3.21. The van der Waals surface area contributed by atoms with Crippen LogP contribution < -0.4 is 15.4 Å². The number of fused-ring (bicyclic) bond motifs is 1. The molecule has 1 unspecified atom stereocenters. The van der Waals surface area contributed by atoms with Crippen molar-refractivity contribution < 1.29 is 14.4 Å². The summed E-state index contributed by atoms with van der Waals surface area (Å²) >= 11 is 0. The number of quaternary nitrogens is 1. The lowest BCUT2D eigenvalue weighted by Crippen LogP contribution is -3.06. The van der Waals surface area contributed by atoms with Gasteiger partial charge in [-0.2, -0.15) is 0 Å². The highest BCUT2D eigenvalue weighted by Gasteiger charge is 2.14. The first-order valence-electron chi connectivity index (χ1n) is 8.68. The van der Waals surface area contributed by atoms with Crippen molar-refractivity contribution in [1.29, 1.82) is 0 Å². The number of aryl methyl sites for hydroxylation is 1. The number of phenols is 1. The van der Waals surface area contributed by atoms with Gasteiger partial charge < -0.3 is 19.3 Å². The number of benzene rings is 2. The molecule has 0 aliphatic heterocycles. The van der Waals surface area contributed by atoms with Gasteiger partial charge in [-0.05, 0) is 31.2 Å². The van der Waals surface area contributed by atoms with Crippen LogP contribution in [-0.2, 0) is 13.1 Å². The zero-order valence-electron chi connectivity index (χ0n) is 15.7. The van der Waals surface area contributed by atoms with E-state index in [1.807, 2.05) is 20.2 Å². The Morgan fingerprint density at radius 2 is 1.77 bits per heavy atom. The lowest BCUT2D eigenvalue weighted by atomic mass is 10.1. The Morgan fingerprint density at radius 3 is 2.42 bits per heavy atom. The van der Waals surface area contributed by atoms with Crippen molar-refractivity contribution in [3.05, 3.63) is 69.6 Å². The van der Waals surface area contributed by atoms with Crippen LogP contribution in [0.1, 0.15) is 16.7 Å². The van der Waals surface area contributed by atoms with E-state index < -0.39 is 0 Å². The first-order chi connectivity index (χ1) is 12.3. The van der Waals surface area contributed by atoms with E-state index in [-0.39, 0.29) is 11.4 Å². The summed E-state index contributed by atoms with van der Waals surface area (Å²) in [6, 6.07) is 13.5. The first-order valence-corrected chi connectivity index (χ1v) is 8.68. The zero-order valence-corrected chi connectivity index (χ0v) is 15.7. The molecule has 0 fully saturated rings. The van der Waals surface area contributed by atoms with Crippen LogP contribution in [0.4, 0.5) is 5.69 Å². The number of rotatable bonds is 5. The smallest absolute Gasteiger partial charge is 0.336 e. The summed E-state index contributed by atoms with van der Waals surface area (Å²) in [5, 5.41) is 10.7. The fraction of sp³-hybridized carbons (Fsp3) is 0.286. The van der Waals surface area contributed by atoms with E-state index in [4.69, 9.17) is 4.42 Å². The van der Waals surface area contributed by atoms with Crippen molar-refractivity contribution in [2.24, 2.45) is 0 Å². The lowest BCUT2D eigenvalue weighted by Gasteiger charge is -2.17. The molecule has 1 heterocycles. The van der Waals surface area contributed by atoms with Crippen molar-refractivity contribution in [1.82, 2.24) is 0 Å². The number of hydrogen-bond donors (Lipinski definition) is 2. The predicted molar refractivity (Wildman–Crippen MR) is 104 cm³/mol. The maximum absolute atomic E-state index is 11.9. The van der Waals surface area contributed by atoms with Crippen LogP contribution >= 0.6 is 0 Å². The summed E-state index contributed by atoms with van der Waals surface area (Å²) in [6.07, 6.45) is 0. The maximum atomic E-state index is 11.9. The molecule has 0 aliphatic rings. The summed E-state index contributed by atoms with van der Waals surface area (Å²) in [7, 11) is 6.16. The fourth-order valence-corrected chi connectivity index (χ4v) is 3.21. The molecule has 136 valence electrons. The summed E-state index contributed by atoms with van der Waals surface area (Å²) in [6.45, 7) is 3.31. The number of nitrogens with zero attached hydrogens (tertiary/aromatic N) is 1. The molecule has 0 bridgehead atoms. The van der Waals surface area contributed by atoms with Gasteiger partial charge in [0.25, 0.3) is 0 Å². The van der Waals surface area contributed by atoms with Crippen molar-refractivity contribution in [3.63, 3.8) is 0 Å². The maximum Gasteiger partial charge on any atom is 0.336 e. The molecular weight excluding hydrogens is 328 g/mol. The highest BCUT2D eigenvalue weighted by atomic mass is 16.4. The highest BCUT2D eigenvalue weighted by molar-refractivity contribution is 5.84. The van der Waals surface area contributed by atoms with Gasteiger partial charge in [-0.3, -0.25) is 0 Å². The van der Waals surface area contributed by atoms with Crippen LogP contribution in [0.2, 0.25) is 0 Å². The third-order valence-corrected chi connectivity index (χ3v) is 4.67. The average molecular weight is 353 g/mol. The number of hydrogen-bond acceptors (Lipinski definition) is 4. The Bertz CT molecular complexity index is 975. The lowest BCUT2D eigenvalue weighted by molar-refractivity contribution is -0.907. The molecule has 5 nitrogen and oxygen atoms in total. The second kappa shape index (κ2) is 7.22. The molecule has 3 aromatic rings. The minimum Gasteiger partial charge on any atom is -0.508 e. The van der Waals surface area contributed by atoms with Crippen LogP contribution in [0.5, 0.6) is 5.75 Å². The highest BCUT2D eigenvalue weighted by Crippen LogP contribution is 2.27. The molecule has 1 atom stereocenters. The molecule has 2 aromatic carbocycles. The number of phenolic OH excluding ortho intramolecular Hbond substituents is 1. The Kier molecular flexibility index (Phi) is 5.00. The van der Waals surface area contributed by atoms with Crippen LogP contribution in [-0.4, -0.2) is 26.2 Å². The summed E-state index contributed by atoms with van der Waals surface area (Å²) in [5.74, 6) is 0.138. The monoisotopic (exact) mass is 353 g/mol. The van der Waals surface area contributed by atoms with Crippen LogP contribution in [0.3, 0.4) is 0 Å². The van der Waals surface area contributed by atoms with E-state index in [1.54, 1.807) is 19.1 Å². The molecule has 0 saturated carbocycles. The number of anilines is 1. The SMILES string of the molecule is Cc1c(O)ccc2c(C[NH+](C)Cc3ccc(N(C)C)cc3)cc(=O)oc12. The van der Waals surface area contributed by atoms with Gasteiger partial charge in [-0.25, -0.2) is 4.79 Å². The van der Waals surface area contributed by atoms with Crippen LogP contribution in [0.25, 0.3) is 11.0 Å². The van der Waals surface area contributed by atoms with E-state index >= 15 is 0 Å². The molecule has 0 radical (unpaired) electrons. The topological polar surface area (TPSA) is 58.1 Å². The van der Waals surface area contributed by atoms with E-state index in [1.165, 1.54) is 16.2 Å².